The fraction of sp³-hybridized carbons (Fsp3) is 0.278. The molecule has 0 unspecified atom stereocenters. The second-order valence-corrected chi connectivity index (χ2v) is 8.99. The molecule has 0 amide bonds. The molecule has 0 radical (unpaired) electrons. The van der Waals surface area contributed by atoms with Gasteiger partial charge in [0.05, 0.1) is 10.6 Å². The minimum atomic E-state index is -1.06. The van der Waals surface area contributed by atoms with Gasteiger partial charge in [0.2, 0.25) is 5.88 Å². The molecule has 0 fully saturated rings. The highest BCUT2D eigenvalue weighted by Crippen LogP contribution is 2.46. The van der Waals surface area contributed by atoms with Crippen LogP contribution in [0.5, 0.6) is 5.88 Å². The Bertz CT molecular complexity index is 1010. The van der Waals surface area contributed by atoms with E-state index in [0.29, 0.717) is 13.9 Å². The predicted molar refractivity (Wildman–Crippen MR) is 113 cm³/mol. The van der Waals surface area contributed by atoms with E-state index in [1.807, 2.05) is 18.2 Å². The van der Waals surface area contributed by atoms with E-state index in [4.69, 9.17) is 28.9 Å². The first-order chi connectivity index (χ1) is 12.9. The van der Waals surface area contributed by atoms with Gasteiger partial charge in [-0.2, -0.15) is 0 Å². The number of carboxylic acid groups (broad SMARTS) is 1. The third kappa shape index (κ3) is 4.42. The number of halogens is 1. The van der Waals surface area contributed by atoms with Crippen LogP contribution in [0.1, 0.15) is 24.6 Å². The Hall–Kier alpha value is -1.70. The number of thiazole rings is 1. The van der Waals surface area contributed by atoms with Crippen LogP contribution < -0.4 is 4.90 Å². The number of unbranched alkanes of at least 4 members (excludes halogenated alkanes) is 1. The number of carbonyl (C=O) groups is 1. The van der Waals surface area contributed by atoms with Crippen molar-refractivity contribution >= 4 is 64.7 Å². The fourth-order valence-corrected chi connectivity index (χ4v) is 5.00. The van der Waals surface area contributed by atoms with E-state index < -0.39 is 5.97 Å². The lowest BCUT2D eigenvalue weighted by Gasteiger charge is -2.18. The topological polar surface area (TPSA) is 65.7 Å². The number of hydrogen-bond acceptors (Lipinski definition) is 6. The average Bonchev–Trinajstić information content (AvgIpc) is 3.09. The summed E-state index contributed by atoms with van der Waals surface area (Å²) in [6, 6.07) is 5.79. The van der Waals surface area contributed by atoms with Gasteiger partial charge >= 0.3 is 5.97 Å². The molecular weight excluding hydrogens is 424 g/mol. The molecule has 27 heavy (non-hydrogen) atoms. The number of hydrogen-bond donors (Lipinski definition) is 2. The van der Waals surface area contributed by atoms with Crippen LogP contribution in [0.4, 0.5) is 5.69 Å². The van der Waals surface area contributed by atoms with Crippen LogP contribution >= 0.6 is 46.9 Å². The Morgan fingerprint density at radius 1 is 1.44 bits per heavy atom. The number of aliphatic carboxylic acids is 1. The maximum atomic E-state index is 10.9. The van der Waals surface area contributed by atoms with Crippen LogP contribution in [0.2, 0.25) is 5.02 Å². The van der Waals surface area contributed by atoms with Crippen LogP contribution in [0, 0.1) is 3.95 Å². The van der Waals surface area contributed by atoms with E-state index in [2.05, 4.69) is 17.6 Å². The standard InChI is InChI=1S/C18H17ClN2O3S3/c1-2-3-8-20-12-9-11(19)4-5-13(12)26-15(20)7-6-14-17(24)21(10-16(22)23)18(25)27-14/h4-6,9,24H,2-3,8,10H2,1H3,(H,22,23). The SMILES string of the molecule is CCCCN1C(=C=Cc2sc(=S)n(CC(=O)O)c2O)Sc2ccc(Cl)cc21. The average molecular weight is 441 g/mol. The van der Waals surface area contributed by atoms with E-state index in [9.17, 15) is 9.90 Å². The molecule has 0 saturated carbocycles. The summed E-state index contributed by atoms with van der Waals surface area (Å²) in [6.45, 7) is 2.61. The molecule has 2 heterocycles. The molecule has 0 saturated heterocycles. The Balaban J connectivity index is 1.98. The van der Waals surface area contributed by atoms with Crippen molar-refractivity contribution in [2.75, 3.05) is 11.4 Å². The van der Waals surface area contributed by atoms with Crippen molar-refractivity contribution in [1.82, 2.24) is 4.57 Å². The molecular formula is C18H17ClN2O3S3. The fourth-order valence-electron chi connectivity index (χ4n) is 2.61. The second kappa shape index (κ2) is 8.54. The van der Waals surface area contributed by atoms with Crippen LogP contribution in [0.25, 0.3) is 6.08 Å². The molecule has 1 aliphatic rings. The Labute approximate surface area is 175 Å². The van der Waals surface area contributed by atoms with E-state index in [1.54, 1.807) is 17.8 Å². The number of nitrogens with zero attached hydrogens (tertiary/aromatic N) is 2. The zero-order valence-corrected chi connectivity index (χ0v) is 17.6. The number of aromatic nitrogens is 1. The molecule has 0 spiro atoms. The van der Waals surface area contributed by atoms with Crippen LogP contribution in [-0.4, -0.2) is 27.3 Å². The van der Waals surface area contributed by atoms with Gasteiger partial charge in [-0.15, -0.1) is 11.3 Å². The number of anilines is 1. The summed E-state index contributed by atoms with van der Waals surface area (Å²) in [5, 5.41) is 20.8. The monoisotopic (exact) mass is 440 g/mol. The van der Waals surface area contributed by atoms with Crippen LogP contribution in [0.3, 0.4) is 0 Å². The zero-order chi connectivity index (χ0) is 19.6. The van der Waals surface area contributed by atoms with Crippen molar-refractivity contribution in [2.45, 2.75) is 31.2 Å². The normalized spacial score (nSPS) is 12.8. The molecule has 0 bridgehead atoms. The minimum absolute atomic E-state index is 0.149. The highest BCUT2D eigenvalue weighted by atomic mass is 35.5. The lowest BCUT2D eigenvalue weighted by molar-refractivity contribution is -0.137. The minimum Gasteiger partial charge on any atom is -0.493 e. The molecule has 1 aliphatic heterocycles. The highest BCUT2D eigenvalue weighted by molar-refractivity contribution is 8.03. The Morgan fingerprint density at radius 3 is 2.93 bits per heavy atom. The maximum Gasteiger partial charge on any atom is 0.323 e. The number of thioether (sulfide) groups is 1. The molecule has 5 nitrogen and oxygen atoms in total. The summed E-state index contributed by atoms with van der Waals surface area (Å²) in [6.07, 6.45) is 3.74. The lowest BCUT2D eigenvalue weighted by Crippen LogP contribution is -2.18. The van der Waals surface area contributed by atoms with Crippen molar-refractivity contribution in [3.63, 3.8) is 0 Å². The quantitative estimate of drug-likeness (QED) is 0.451. The van der Waals surface area contributed by atoms with Crippen molar-refractivity contribution in [3.05, 3.63) is 42.8 Å². The van der Waals surface area contributed by atoms with Gasteiger partial charge in [0, 0.05) is 22.5 Å². The predicted octanol–water partition coefficient (Wildman–Crippen LogP) is 5.59. The van der Waals surface area contributed by atoms with Crippen LogP contribution in [-0.2, 0) is 11.3 Å². The first-order valence-corrected chi connectivity index (χ1v) is 10.7. The number of aromatic hydroxyl groups is 1. The summed E-state index contributed by atoms with van der Waals surface area (Å²) in [4.78, 5) is 14.7. The Kier molecular flexibility index (Phi) is 6.34. The largest absolute Gasteiger partial charge is 0.493 e. The summed E-state index contributed by atoms with van der Waals surface area (Å²) >= 11 is 14.1. The van der Waals surface area contributed by atoms with Crippen molar-refractivity contribution in [2.24, 2.45) is 0 Å². The first kappa shape index (κ1) is 20.0. The summed E-state index contributed by atoms with van der Waals surface area (Å²) in [7, 11) is 0. The zero-order valence-electron chi connectivity index (χ0n) is 14.4. The van der Waals surface area contributed by atoms with Gasteiger partial charge in [-0.3, -0.25) is 9.36 Å². The van der Waals surface area contributed by atoms with Gasteiger partial charge in [0.15, 0.2) is 3.95 Å². The van der Waals surface area contributed by atoms with Gasteiger partial charge in [-0.05, 0) is 36.8 Å². The summed E-state index contributed by atoms with van der Waals surface area (Å²) in [5.41, 5.74) is 4.29. The van der Waals surface area contributed by atoms with Crippen molar-refractivity contribution < 1.29 is 15.0 Å². The van der Waals surface area contributed by atoms with Gasteiger partial charge in [0.1, 0.15) is 11.6 Å². The maximum absolute atomic E-state index is 10.9. The van der Waals surface area contributed by atoms with Gasteiger partial charge in [-0.1, -0.05) is 42.4 Å². The molecule has 3 rings (SSSR count). The molecule has 9 heteroatoms. The highest BCUT2D eigenvalue weighted by Gasteiger charge is 2.25. The number of benzene rings is 1. The Morgan fingerprint density at radius 2 is 2.22 bits per heavy atom. The van der Waals surface area contributed by atoms with Crippen molar-refractivity contribution in [3.8, 4) is 5.88 Å². The van der Waals surface area contributed by atoms with E-state index in [-0.39, 0.29) is 12.4 Å². The van der Waals surface area contributed by atoms with Gasteiger partial charge in [0.25, 0.3) is 0 Å². The molecule has 0 atom stereocenters. The molecule has 1 aromatic carbocycles. The van der Waals surface area contributed by atoms with Gasteiger partial charge < -0.3 is 15.1 Å². The van der Waals surface area contributed by atoms with Crippen LogP contribution in [0.15, 0.2) is 33.9 Å². The lowest BCUT2D eigenvalue weighted by atomic mass is 10.2. The third-order valence-corrected chi connectivity index (χ3v) is 6.63. The van der Waals surface area contributed by atoms with Crippen molar-refractivity contribution in [1.29, 1.82) is 0 Å². The summed E-state index contributed by atoms with van der Waals surface area (Å²) < 4.78 is 1.51. The van der Waals surface area contributed by atoms with Gasteiger partial charge in [-0.25, -0.2) is 0 Å². The van der Waals surface area contributed by atoms with E-state index in [0.717, 1.165) is 46.3 Å². The summed E-state index contributed by atoms with van der Waals surface area (Å²) in [5.74, 6) is -1.21. The second-order valence-electron chi connectivity index (χ2n) is 5.85. The molecule has 1 aromatic heterocycles. The molecule has 142 valence electrons. The molecule has 2 aromatic rings. The number of carboxylic acids is 1. The smallest absolute Gasteiger partial charge is 0.323 e. The molecule has 0 aliphatic carbocycles. The number of rotatable bonds is 6. The van der Waals surface area contributed by atoms with E-state index >= 15 is 0 Å². The molecule has 2 N–H and O–H groups in total. The van der Waals surface area contributed by atoms with E-state index in [1.165, 1.54) is 4.57 Å². The number of fused-ring (bicyclic) bond motifs is 1. The first-order valence-electron chi connectivity index (χ1n) is 8.26. The third-order valence-electron chi connectivity index (χ3n) is 3.91.